The zero-order chi connectivity index (χ0) is 12.0. The van der Waals surface area contributed by atoms with Crippen LogP contribution in [0.5, 0.6) is 5.88 Å². The van der Waals surface area contributed by atoms with Crippen molar-refractivity contribution in [1.29, 1.82) is 0 Å². The maximum Gasteiger partial charge on any atom is 0.218 e. The molecular formula is C9H7B2NO4. The SMILES string of the molecule is [B]C([B])(O)O/C=C/Oc1ccc(C=O)cn1. The van der Waals surface area contributed by atoms with Crippen molar-refractivity contribution >= 4 is 22.0 Å². The molecule has 0 fully saturated rings. The normalized spacial score (nSPS) is 11.3. The summed E-state index contributed by atoms with van der Waals surface area (Å²) in [4.78, 5) is 14.1. The maximum atomic E-state index is 10.3. The molecule has 0 saturated carbocycles. The van der Waals surface area contributed by atoms with E-state index < -0.39 is 5.59 Å². The summed E-state index contributed by atoms with van der Waals surface area (Å²) in [6, 6.07) is 3.03. The molecule has 0 atom stereocenters. The predicted octanol–water partition coefficient (Wildman–Crippen LogP) is -0.299. The molecule has 4 radical (unpaired) electrons. The molecule has 1 heterocycles. The fraction of sp³-hybridized carbons (Fsp3) is 0.111. The highest BCUT2D eigenvalue weighted by atomic mass is 16.6. The van der Waals surface area contributed by atoms with Crippen LogP contribution in [0.4, 0.5) is 0 Å². The van der Waals surface area contributed by atoms with E-state index in [9.17, 15) is 4.79 Å². The second-order valence-corrected chi connectivity index (χ2v) is 2.81. The molecule has 0 bridgehead atoms. The molecule has 7 heteroatoms. The van der Waals surface area contributed by atoms with Gasteiger partial charge in [0.15, 0.2) is 22.0 Å². The zero-order valence-electron chi connectivity index (χ0n) is 8.24. The number of carbonyl (C=O) groups is 1. The molecule has 0 aromatic carbocycles. The number of aldehydes is 1. The van der Waals surface area contributed by atoms with Crippen molar-refractivity contribution in [3.05, 3.63) is 36.4 Å². The first-order chi connectivity index (χ1) is 7.51. The number of ether oxygens (including phenoxy) is 2. The second-order valence-electron chi connectivity index (χ2n) is 2.81. The quantitative estimate of drug-likeness (QED) is 0.316. The summed E-state index contributed by atoms with van der Waals surface area (Å²) >= 11 is 0. The lowest BCUT2D eigenvalue weighted by molar-refractivity contribution is -0.0246. The van der Waals surface area contributed by atoms with Crippen molar-refractivity contribution in [3.63, 3.8) is 0 Å². The minimum atomic E-state index is -2.24. The fourth-order valence-corrected chi connectivity index (χ4v) is 0.765. The molecule has 78 valence electrons. The van der Waals surface area contributed by atoms with Gasteiger partial charge < -0.3 is 14.6 Å². The van der Waals surface area contributed by atoms with E-state index >= 15 is 0 Å². The van der Waals surface area contributed by atoms with Crippen LogP contribution in [0.2, 0.25) is 0 Å². The average Bonchev–Trinajstić information content (AvgIpc) is 2.24. The van der Waals surface area contributed by atoms with Crippen LogP contribution in [0.1, 0.15) is 10.4 Å². The Kier molecular flexibility index (Phi) is 4.13. The Morgan fingerprint density at radius 2 is 2.12 bits per heavy atom. The highest BCUT2D eigenvalue weighted by molar-refractivity contribution is 6.37. The van der Waals surface area contributed by atoms with E-state index in [2.05, 4.69) is 9.72 Å². The molecule has 0 aliphatic rings. The molecule has 5 nitrogen and oxygen atoms in total. The highest BCUT2D eigenvalue weighted by Gasteiger charge is 2.08. The maximum absolute atomic E-state index is 10.3. The first kappa shape index (κ1) is 12.3. The van der Waals surface area contributed by atoms with Crippen LogP contribution in [0.25, 0.3) is 0 Å². The van der Waals surface area contributed by atoms with Crippen molar-refractivity contribution in [2.45, 2.75) is 5.59 Å². The molecule has 0 aliphatic heterocycles. The van der Waals surface area contributed by atoms with E-state index in [1.165, 1.54) is 18.3 Å². The first-order valence-corrected chi connectivity index (χ1v) is 4.22. The molecule has 1 rings (SSSR count). The van der Waals surface area contributed by atoms with Gasteiger partial charge >= 0.3 is 0 Å². The van der Waals surface area contributed by atoms with Crippen molar-refractivity contribution in [2.24, 2.45) is 0 Å². The lowest BCUT2D eigenvalue weighted by Gasteiger charge is -2.17. The molecule has 0 aliphatic carbocycles. The minimum absolute atomic E-state index is 0.253. The summed E-state index contributed by atoms with van der Waals surface area (Å²) in [5, 5.41) is 8.76. The van der Waals surface area contributed by atoms with Crippen LogP contribution in [-0.4, -0.2) is 37.7 Å². The van der Waals surface area contributed by atoms with Gasteiger partial charge in [0.05, 0.1) is 0 Å². The van der Waals surface area contributed by atoms with Crippen LogP contribution in [-0.2, 0) is 4.74 Å². The highest BCUT2D eigenvalue weighted by Crippen LogP contribution is 2.06. The Bertz CT molecular complexity index is 372. The van der Waals surface area contributed by atoms with Crippen molar-refractivity contribution < 1.29 is 19.4 Å². The summed E-state index contributed by atoms with van der Waals surface area (Å²) in [6.45, 7) is 0. The lowest BCUT2D eigenvalue weighted by Crippen LogP contribution is -2.30. The number of carbonyl (C=O) groups excluding carboxylic acids is 1. The smallest absolute Gasteiger partial charge is 0.218 e. The van der Waals surface area contributed by atoms with Crippen LogP contribution in [0.3, 0.4) is 0 Å². The van der Waals surface area contributed by atoms with E-state index in [4.69, 9.17) is 25.5 Å². The van der Waals surface area contributed by atoms with Gasteiger partial charge in [-0.1, -0.05) is 0 Å². The zero-order valence-corrected chi connectivity index (χ0v) is 8.24. The molecule has 16 heavy (non-hydrogen) atoms. The molecule has 0 saturated heterocycles. The van der Waals surface area contributed by atoms with Gasteiger partial charge in [-0.15, -0.1) is 0 Å². The van der Waals surface area contributed by atoms with E-state index in [0.717, 1.165) is 12.5 Å². The molecule has 1 aromatic heterocycles. The molecule has 0 unspecified atom stereocenters. The summed E-state index contributed by atoms with van der Waals surface area (Å²) in [5.74, 6) is 0.253. The largest absolute Gasteiger partial charge is 0.486 e. The summed E-state index contributed by atoms with van der Waals surface area (Å²) in [6.07, 6.45) is 4.07. The van der Waals surface area contributed by atoms with Gasteiger partial charge in [0.1, 0.15) is 18.1 Å². The Hall–Kier alpha value is -1.75. The van der Waals surface area contributed by atoms with Gasteiger partial charge in [-0.2, -0.15) is 0 Å². The topological polar surface area (TPSA) is 68.7 Å². The third-order valence-electron chi connectivity index (χ3n) is 1.40. The molecule has 0 spiro atoms. The summed E-state index contributed by atoms with van der Waals surface area (Å²) < 4.78 is 9.36. The number of aromatic nitrogens is 1. The Balaban J connectivity index is 2.45. The van der Waals surface area contributed by atoms with E-state index in [-0.39, 0.29) is 5.88 Å². The third kappa shape index (κ3) is 4.65. The summed E-state index contributed by atoms with van der Waals surface area (Å²) in [7, 11) is 9.81. The molecule has 0 amide bonds. The molecule has 1 N–H and O–H groups in total. The van der Waals surface area contributed by atoms with E-state index in [1.54, 1.807) is 0 Å². The number of aliphatic hydroxyl groups is 1. The predicted molar refractivity (Wildman–Crippen MR) is 56.9 cm³/mol. The van der Waals surface area contributed by atoms with Crippen LogP contribution >= 0.6 is 0 Å². The average molecular weight is 215 g/mol. The van der Waals surface area contributed by atoms with Crippen molar-refractivity contribution in [3.8, 4) is 5.88 Å². The van der Waals surface area contributed by atoms with Gasteiger partial charge in [-0.05, 0) is 6.07 Å². The number of nitrogens with zero attached hydrogens (tertiary/aromatic N) is 1. The number of hydrogen-bond acceptors (Lipinski definition) is 5. The fourth-order valence-electron chi connectivity index (χ4n) is 0.765. The summed E-state index contributed by atoms with van der Waals surface area (Å²) in [5.41, 5.74) is -1.81. The van der Waals surface area contributed by atoms with Crippen molar-refractivity contribution in [2.75, 3.05) is 0 Å². The lowest BCUT2D eigenvalue weighted by atomic mass is 9.77. The van der Waals surface area contributed by atoms with Crippen molar-refractivity contribution in [1.82, 2.24) is 4.98 Å². The van der Waals surface area contributed by atoms with Crippen LogP contribution in [0, 0.1) is 0 Å². The monoisotopic (exact) mass is 215 g/mol. The van der Waals surface area contributed by atoms with Crippen LogP contribution in [0.15, 0.2) is 30.9 Å². The van der Waals surface area contributed by atoms with Gasteiger partial charge in [0.25, 0.3) is 0 Å². The van der Waals surface area contributed by atoms with Gasteiger partial charge in [-0.25, -0.2) is 4.98 Å². The number of hydrogen-bond donors (Lipinski definition) is 1. The Morgan fingerprint density at radius 3 is 2.62 bits per heavy atom. The van der Waals surface area contributed by atoms with E-state index in [1.807, 2.05) is 0 Å². The Morgan fingerprint density at radius 1 is 1.38 bits per heavy atom. The standard InChI is InChI=1S/C9H7B2NO4/c10-9(11,14)16-4-3-15-8-2-1-7(6-13)5-12-8/h1-6,14H/b4-3+. The molecular weight excluding hydrogens is 208 g/mol. The van der Waals surface area contributed by atoms with Gasteiger partial charge in [0, 0.05) is 17.8 Å². The number of rotatable bonds is 5. The Labute approximate surface area is 94.9 Å². The first-order valence-electron chi connectivity index (χ1n) is 4.22. The van der Waals surface area contributed by atoms with Gasteiger partial charge in [0.2, 0.25) is 5.88 Å². The second kappa shape index (κ2) is 5.37. The van der Waals surface area contributed by atoms with E-state index in [0.29, 0.717) is 11.8 Å². The third-order valence-corrected chi connectivity index (χ3v) is 1.40. The van der Waals surface area contributed by atoms with Crippen LogP contribution < -0.4 is 4.74 Å². The molecule has 1 aromatic rings. The number of pyridine rings is 1. The minimum Gasteiger partial charge on any atom is -0.486 e. The van der Waals surface area contributed by atoms with Gasteiger partial charge in [-0.3, -0.25) is 4.79 Å².